The Bertz CT molecular complexity index is 840. The second-order valence-corrected chi connectivity index (χ2v) is 6.35. The molecule has 0 aliphatic carbocycles. The van der Waals surface area contributed by atoms with Crippen LogP contribution in [0.3, 0.4) is 0 Å². The Balaban J connectivity index is 1.80. The molecule has 2 nitrogen and oxygen atoms in total. The fourth-order valence-corrected chi connectivity index (χ4v) is 3.61. The Labute approximate surface area is 141 Å². The monoisotopic (exact) mass is 320 g/mol. The zero-order valence-corrected chi connectivity index (χ0v) is 13.6. The Morgan fingerprint density at radius 2 is 1.54 bits per heavy atom. The molecule has 1 unspecified atom stereocenters. The number of halogens is 1. The van der Waals surface area contributed by atoms with Gasteiger partial charge in [-0.05, 0) is 40.1 Å². The van der Waals surface area contributed by atoms with Gasteiger partial charge in [-0.3, -0.25) is 4.90 Å². The van der Waals surface area contributed by atoms with Crippen molar-refractivity contribution < 1.29 is 4.39 Å². The molecule has 1 saturated heterocycles. The van der Waals surface area contributed by atoms with Gasteiger partial charge in [-0.15, -0.1) is 0 Å². The van der Waals surface area contributed by atoms with Gasteiger partial charge in [0.2, 0.25) is 0 Å². The molecule has 1 N–H and O–H groups in total. The van der Waals surface area contributed by atoms with Crippen molar-refractivity contribution in [3.8, 4) is 0 Å². The number of hydrogen-bond donors (Lipinski definition) is 1. The summed E-state index contributed by atoms with van der Waals surface area (Å²) in [5.74, 6) is -0.173. The van der Waals surface area contributed by atoms with E-state index >= 15 is 0 Å². The predicted octanol–water partition coefficient (Wildman–Crippen LogP) is 3.97. The SMILES string of the molecule is Fc1cccc(C(c2ccc3ccccc3c2)N2CCNCC2)c1. The van der Waals surface area contributed by atoms with Crippen LogP contribution in [0.1, 0.15) is 17.2 Å². The molecule has 1 heterocycles. The van der Waals surface area contributed by atoms with E-state index in [1.807, 2.05) is 6.07 Å². The van der Waals surface area contributed by atoms with Crippen molar-refractivity contribution in [3.05, 3.63) is 83.7 Å². The summed E-state index contributed by atoms with van der Waals surface area (Å²) in [4.78, 5) is 2.44. The number of piperazine rings is 1. The Hall–Kier alpha value is -2.23. The van der Waals surface area contributed by atoms with Gasteiger partial charge in [0.05, 0.1) is 6.04 Å². The fourth-order valence-electron chi connectivity index (χ4n) is 3.61. The molecule has 0 saturated carbocycles. The lowest BCUT2D eigenvalue weighted by Gasteiger charge is -2.35. The van der Waals surface area contributed by atoms with Crippen molar-refractivity contribution in [1.82, 2.24) is 10.2 Å². The van der Waals surface area contributed by atoms with Crippen LogP contribution in [0.4, 0.5) is 4.39 Å². The molecule has 1 aliphatic heterocycles. The van der Waals surface area contributed by atoms with Gasteiger partial charge >= 0.3 is 0 Å². The first kappa shape index (κ1) is 15.3. The van der Waals surface area contributed by atoms with Crippen LogP contribution in [0.2, 0.25) is 0 Å². The number of hydrogen-bond acceptors (Lipinski definition) is 2. The van der Waals surface area contributed by atoms with Crippen LogP contribution in [0.25, 0.3) is 10.8 Å². The first-order valence-electron chi connectivity index (χ1n) is 8.50. The van der Waals surface area contributed by atoms with Gasteiger partial charge in [0.25, 0.3) is 0 Å². The zero-order chi connectivity index (χ0) is 16.4. The van der Waals surface area contributed by atoms with Crippen molar-refractivity contribution >= 4 is 10.8 Å². The van der Waals surface area contributed by atoms with Crippen LogP contribution in [0, 0.1) is 5.82 Å². The van der Waals surface area contributed by atoms with Gasteiger partial charge in [-0.2, -0.15) is 0 Å². The molecule has 1 fully saturated rings. The molecule has 0 aromatic heterocycles. The average Bonchev–Trinajstić information content (AvgIpc) is 2.63. The molecule has 0 radical (unpaired) electrons. The maximum absolute atomic E-state index is 13.8. The minimum atomic E-state index is -0.173. The van der Waals surface area contributed by atoms with Gasteiger partial charge in [-0.1, -0.05) is 48.5 Å². The lowest BCUT2D eigenvalue weighted by molar-refractivity contribution is 0.198. The highest BCUT2D eigenvalue weighted by Crippen LogP contribution is 2.31. The van der Waals surface area contributed by atoms with Crippen LogP contribution in [-0.4, -0.2) is 31.1 Å². The van der Waals surface area contributed by atoms with E-state index in [1.165, 1.54) is 22.4 Å². The van der Waals surface area contributed by atoms with Crippen LogP contribution in [0.5, 0.6) is 0 Å². The molecule has 1 atom stereocenters. The molecule has 4 rings (SSSR count). The highest BCUT2D eigenvalue weighted by atomic mass is 19.1. The standard InChI is InChI=1S/C21H21FN2/c22-20-7-3-6-18(15-20)21(24-12-10-23-11-13-24)19-9-8-16-4-1-2-5-17(16)14-19/h1-9,14-15,21,23H,10-13H2. The molecule has 0 amide bonds. The van der Waals surface area contributed by atoms with Crippen molar-refractivity contribution in [2.24, 2.45) is 0 Å². The summed E-state index contributed by atoms with van der Waals surface area (Å²) in [6, 6.07) is 22.1. The minimum absolute atomic E-state index is 0.0902. The average molecular weight is 320 g/mol. The maximum atomic E-state index is 13.8. The summed E-state index contributed by atoms with van der Waals surface area (Å²) in [6.07, 6.45) is 0. The molecule has 3 heteroatoms. The topological polar surface area (TPSA) is 15.3 Å². The highest BCUT2D eigenvalue weighted by Gasteiger charge is 2.24. The van der Waals surface area contributed by atoms with Gasteiger partial charge < -0.3 is 5.32 Å². The summed E-state index contributed by atoms with van der Waals surface area (Å²) in [7, 11) is 0. The van der Waals surface area contributed by atoms with Crippen LogP contribution >= 0.6 is 0 Å². The molecule has 3 aromatic rings. The smallest absolute Gasteiger partial charge is 0.123 e. The largest absolute Gasteiger partial charge is 0.314 e. The van der Waals surface area contributed by atoms with Crippen molar-refractivity contribution in [2.45, 2.75) is 6.04 Å². The predicted molar refractivity (Wildman–Crippen MR) is 96.6 cm³/mol. The third-order valence-electron chi connectivity index (χ3n) is 4.77. The molecular weight excluding hydrogens is 299 g/mol. The Morgan fingerprint density at radius 3 is 2.33 bits per heavy atom. The third kappa shape index (κ3) is 3.05. The first-order chi connectivity index (χ1) is 11.8. The lowest BCUT2D eigenvalue weighted by atomic mass is 9.94. The minimum Gasteiger partial charge on any atom is -0.314 e. The van der Waals surface area contributed by atoms with Crippen LogP contribution in [-0.2, 0) is 0 Å². The van der Waals surface area contributed by atoms with Crippen molar-refractivity contribution in [1.29, 1.82) is 0 Å². The Morgan fingerprint density at radius 1 is 0.792 bits per heavy atom. The van der Waals surface area contributed by atoms with Crippen LogP contribution in [0.15, 0.2) is 66.7 Å². The van der Waals surface area contributed by atoms with E-state index < -0.39 is 0 Å². The fraction of sp³-hybridized carbons (Fsp3) is 0.238. The summed E-state index contributed by atoms with van der Waals surface area (Å²) in [5, 5.41) is 5.86. The van der Waals surface area contributed by atoms with Gasteiger partial charge in [0.15, 0.2) is 0 Å². The van der Waals surface area contributed by atoms with Gasteiger partial charge in [0.1, 0.15) is 5.82 Å². The van der Waals surface area contributed by atoms with E-state index in [0.717, 1.165) is 31.7 Å². The molecule has 1 aliphatic rings. The van der Waals surface area contributed by atoms with Crippen molar-refractivity contribution in [2.75, 3.05) is 26.2 Å². The zero-order valence-electron chi connectivity index (χ0n) is 13.6. The molecule has 122 valence electrons. The molecule has 24 heavy (non-hydrogen) atoms. The molecule has 3 aromatic carbocycles. The second-order valence-electron chi connectivity index (χ2n) is 6.35. The summed E-state index contributed by atoms with van der Waals surface area (Å²) >= 11 is 0. The van der Waals surface area contributed by atoms with E-state index in [0.29, 0.717) is 0 Å². The number of nitrogens with zero attached hydrogens (tertiary/aromatic N) is 1. The van der Waals surface area contributed by atoms with Gasteiger partial charge in [-0.25, -0.2) is 4.39 Å². The quantitative estimate of drug-likeness (QED) is 0.785. The van der Waals surface area contributed by atoms with E-state index in [-0.39, 0.29) is 11.9 Å². The molecular formula is C21H21FN2. The first-order valence-corrected chi connectivity index (χ1v) is 8.50. The summed E-state index contributed by atoms with van der Waals surface area (Å²) in [6.45, 7) is 3.88. The highest BCUT2D eigenvalue weighted by molar-refractivity contribution is 5.83. The maximum Gasteiger partial charge on any atom is 0.123 e. The molecule has 0 bridgehead atoms. The van der Waals surface area contributed by atoms with E-state index in [1.54, 1.807) is 12.1 Å². The molecule has 0 spiro atoms. The number of rotatable bonds is 3. The van der Waals surface area contributed by atoms with Gasteiger partial charge in [0, 0.05) is 26.2 Å². The van der Waals surface area contributed by atoms with E-state index in [4.69, 9.17) is 0 Å². The second kappa shape index (κ2) is 6.71. The van der Waals surface area contributed by atoms with E-state index in [2.05, 4.69) is 52.7 Å². The lowest BCUT2D eigenvalue weighted by Crippen LogP contribution is -2.45. The van der Waals surface area contributed by atoms with Crippen LogP contribution < -0.4 is 5.32 Å². The summed E-state index contributed by atoms with van der Waals surface area (Å²) in [5.41, 5.74) is 2.24. The Kier molecular flexibility index (Phi) is 4.28. The van der Waals surface area contributed by atoms with E-state index in [9.17, 15) is 4.39 Å². The van der Waals surface area contributed by atoms with Crippen molar-refractivity contribution in [3.63, 3.8) is 0 Å². The number of benzene rings is 3. The number of fused-ring (bicyclic) bond motifs is 1. The number of nitrogens with one attached hydrogen (secondary N) is 1. The summed E-state index contributed by atoms with van der Waals surface area (Å²) < 4.78 is 13.8. The third-order valence-corrected chi connectivity index (χ3v) is 4.77. The normalized spacial score (nSPS) is 17.0.